The SMILES string of the molecule is CCc1cccc(N=C2N(C)CCN2C)c1. The highest BCUT2D eigenvalue weighted by molar-refractivity contribution is 5.84. The molecule has 1 aliphatic heterocycles. The van der Waals surface area contributed by atoms with E-state index >= 15 is 0 Å². The first-order valence-corrected chi connectivity index (χ1v) is 5.80. The predicted molar refractivity (Wildman–Crippen MR) is 68.2 cm³/mol. The van der Waals surface area contributed by atoms with Crippen LogP contribution in [0.25, 0.3) is 0 Å². The average Bonchev–Trinajstić information content (AvgIpc) is 2.61. The van der Waals surface area contributed by atoms with Gasteiger partial charge < -0.3 is 9.80 Å². The molecule has 2 rings (SSSR count). The van der Waals surface area contributed by atoms with E-state index in [-0.39, 0.29) is 0 Å². The molecule has 1 heterocycles. The Morgan fingerprint density at radius 1 is 1.19 bits per heavy atom. The summed E-state index contributed by atoms with van der Waals surface area (Å²) in [5.41, 5.74) is 2.39. The molecular formula is C13H19N3. The van der Waals surface area contributed by atoms with Crippen LogP contribution in [0.5, 0.6) is 0 Å². The number of rotatable bonds is 2. The Kier molecular flexibility index (Phi) is 3.13. The fraction of sp³-hybridized carbons (Fsp3) is 0.462. The number of hydrogen-bond acceptors (Lipinski definition) is 1. The fourth-order valence-corrected chi connectivity index (χ4v) is 1.92. The summed E-state index contributed by atoms with van der Waals surface area (Å²) in [5, 5.41) is 0. The van der Waals surface area contributed by atoms with Gasteiger partial charge in [0, 0.05) is 27.2 Å². The van der Waals surface area contributed by atoms with E-state index in [1.165, 1.54) is 5.56 Å². The molecule has 1 aromatic carbocycles. The lowest BCUT2D eigenvalue weighted by Crippen LogP contribution is -2.27. The van der Waals surface area contributed by atoms with Gasteiger partial charge in [0.1, 0.15) is 0 Å². The lowest BCUT2D eigenvalue weighted by molar-refractivity contribution is 0.553. The van der Waals surface area contributed by atoms with Gasteiger partial charge in [-0.1, -0.05) is 19.1 Å². The molecule has 3 heteroatoms. The standard InChI is InChI=1S/C13H19N3/c1-4-11-6-5-7-12(10-11)14-13-15(2)8-9-16(13)3/h5-7,10H,4,8-9H2,1-3H3. The number of nitrogens with zero attached hydrogens (tertiary/aromatic N) is 3. The number of aliphatic imine (C=N–C) groups is 1. The minimum atomic E-state index is 1.05. The number of guanidine groups is 1. The summed E-state index contributed by atoms with van der Waals surface area (Å²) in [4.78, 5) is 9.08. The zero-order valence-electron chi connectivity index (χ0n) is 10.3. The molecule has 1 aliphatic rings. The molecule has 0 saturated carbocycles. The van der Waals surface area contributed by atoms with E-state index in [0.29, 0.717) is 0 Å². The van der Waals surface area contributed by atoms with Gasteiger partial charge in [-0.05, 0) is 24.1 Å². The lowest BCUT2D eigenvalue weighted by atomic mass is 10.1. The number of hydrogen-bond donors (Lipinski definition) is 0. The number of likely N-dealkylation sites (N-methyl/N-ethyl adjacent to an activating group) is 2. The second-order valence-corrected chi connectivity index (χ2v) is 4.28. The molecule has 0 radical (unpaired) electrons. The van der Waals surface area contributed by atoms with Crippen LogP contribution in [-0.2, 0) is 6.42 Å². The molecule has 0 aliphatic carbocycles. The van der Waals surface area contributed by atoms with Crippen LogP contribution < -0.4 is 0 Å². The summed E-state index contributed by atoms with van der Waals surface area (Å²) in [6.45, 7) is 4.28. The molecule has 0 N–H and O–H groups in total. The minimum absolute atomic E-state index is 1.05. The van der Waals surface area contributed by atoms with Gasteiger partial charge in [-0.3, -0.25) is 0 Å². The molecule has 0 atom stereocenters. The summed E-state index contributed by atoms with van der Waals surface area (Å²) in [5.74, 6) is 1.06. The first-order chi connectivity index (χ1) is 7.70. The van der Waals surface area contributed by atoms with Crippen molar-refractivity contribution in [1.29, 1.82) is 0 Å². The van der Waals surface area contributed by atoms with E-state index in [1.54, 1.807) is 0 Å². The molecule has 0 bridgehead atoms. The summed E-state index contributed by atoms with van der Waals surface area (Å²) < 4.78 is 0. The van der Waals surface area contributed by atoms with Crippen LogP contribution in [-0.4, -0.2) is 42.9 Å². The Labute approximate surface area is 97.4 Å². The molecule has 16 heavy (non-hydrogen) atoms. The first-order valence-electron chi connectivity index (χ1n) is 5.80. The van der Waals surface area contributed by atoms with Crippen LogP contribution in [0.2, 0.25) is 0 Å². The Balaban J connectivity index is 2.27. The summed E-state index contributed by atoms with van der Waals surface area (Å²) >= 11 is 0. The molecule has 1 fully saturated rings. The normalized spacial score (nSPS) is 15.8. The highest BCUT2D eigenvalue weighted by Gasteiger charge is 2.19. The Hall–Kier alpha value is -1.51. The van der Waals surface area contributed by atoms with E-state index in [4.69, 9.17) is 4.99 Å². The van der Waals surface area contributed by atoms with Gasteiger partial charge in [-0.25, -0.2) is 4.99 Å². The Morgan fingerprint density at radius 3 is 2.50 bits per heavy atom. The van der Waals surface area contributed by atoms with Crippen molar-refractivity contribution in [2.45, 2.75) is 13.3 Å². The van der Waals surface area contributed by atoms with Crippen molar-refractivity contribution in [1.82, 2.24) is 9.80 Å². The molecule has 3 nitrogen and oxygen atoms in total. The van der Waals surface area contributed by atoms with Gasteiger partial charge in [0.2, 0.25) is 5.96 Å². The van der Waals surface area contributed by atoms with E-state index in [2.05, 4.69) is 55.1 Å². The van der Waals surface area contributed by atoms with E-state index in [9.17, 15) is 0 Å². The van der Waals surface area contributed by atoms with E-state index < -0.39 is 0 Å². The molecule has 0 amide bonds. The fourth-order valence-electron chi connectivity index (χ4n) is 1.92. The summed E-state index contributed by atoms with van der Waals surface area (Å²) in [7, 11) is 4.18. The molecule has 86 valence electrons. The van der Waals surface area contributed by atoms with Crippen molar-refractivity contribution in [3.8, 4) is 0 Å². The minimum Gasteiger partial charge on any atom is -0.344 e. The zero-order chi connectivity index (χ0) is 11.5. The predicted octanol–water partition coefficient (Wildman–Crippen LogP) is 2.11. The molecule has 1 saturated heterocycles. The van der Waals surface area contributed by atoms with Crippen molar-refractivity contribution in [3.63, 3.8) is 0 Å². The quantitative estimate of drug-likeness (QED) is 0.755. The lowest BCUT2D eigenvalue weighted by Gasteiger charge is -2.15. The summed E-state index contributed by atoms with van der Waals surface area (Å²) in [6.07, 6.45) is 1.06. The van der Waals surface area contributed by atoms with Gasteiger partial charge in [-0.2, -0.15) is 0 Å². The second kappa shape index (κ2) is 4.56. The third-order valence-electron chi connectivity index (χ3n) is 3.00. The van der Waals surface area contributed by atoms with Crippen molar-refractivity contribution in [3.05, 3.63) is 29.8 Å². The monoisotopic (exact) mass is 217 g/mol. The van der Waals surface area contributed by atoms with Crippen LogP contribution in [0.1, 0.15) is 12.5 Å². The van der Waals surface area contributed by atoms with Gasteiger partial charge in [-0.15, -0.1) is 0 Å². The van der Waals surface area contributed by atoms with E-state index in [0.717, 1.165) is 31.2 Å². The summed E-state index contributed by atoms with van der Waals surface area (Å²) in [6, 6.07) is 8.44. The maximum atomic E-state index is 4.70. The number of aryl methyl sites for hydroxylation is 1. The molecule has 0 spiro atoms. The maximum absolute atomic E-state index is 4.70. The van der Waals surface area contributed by atoms with Gasteiger partial charge in [0.15, 0.2) is 0 Å². The van der Waals surface area contributed by atoms with Crippen molar-refractivity contribution in [2.75, 3.05) is 27.2 Å². The maximum Gasteiger partial charge on any atom is 0.201 e. The third-order valence-corrected chi connectivity index (χ3v) is 3.00. The smallest absolute Gasteiger partial charge is 0.201 e. The van der Waals surface area contributed by atoms with Crippen LogP contribution in [0.15, 0.2) is 29.3 Å². The van der Waals surface area contributed by atoms with Crippen LogP contribution in [0.3, 0.4) is 0 Å². The van der Waals surface area contributed by atoms with Crippen LogP contribution in [0.4, 0.5) is 5.69 Å². The Bertz CT molecular complexity index is 386. The number of benzene rings is 1. The van der Waals surface area contributed by atoms with Crippen molar-refractivity contribution >= 4 is 11.6 Å². The molecule has 0 aromatic heterocycles. The van der Waals surface area contributed by atoms with E-state index in [1.807, 2.05) is 0 Å². The topological polar surface area (TPSA) is 18.8 Å². The molecule has 1 aromatic rings. The molecular weight excluding hydrogens is 198 g/mol. The average molecular weight is 217 g/mol. The highest BCUT2D eigenvalue weighted by atomic mass is 15.4. The third kappa shape index (κ3) is 2.18. The Morgan fingerprint density at radius 2 is 1.88 bits per heavy atom. The van der Waals surface area contributed by atoms with Crippen LogP contribution >= 0.6 is 0 Å². The van der Waals surface area contributed by atoms with Crippen molar-refractivity contribution in [2.24, 2.45) is 4.99 Å². The van der Waals surface area contributed by atoms with Gasteiger partial charge >= 0.3 is 0 Å². The van der Waals surface area contributed by atoms with Gasteiger partial charge in [0.05, 0.1) is 5.69 Å². The molecule has 0 unspecified atom stereocenters. The van der Waals surface area contributed by atoms with Crippen LogP contribution in [0, 0.1) is 0 Å². The largest absolute Gasteiger partial charge is 0.344 e. The van der Waals surface area contributed by atoms with Crippen molar-refractivity contribution < 1.29 is 0 Å². The highest BCUT2D eigenvalue weighted by Crippen LogP contribution is 2.17. The first kappa shape index (κ1) is 11.0. The zero-order valence-corrected chi connectivity index (χ0v) is 10.3. The van der Waals surface area contributed by atoms with Gasteiger partial charge in [0.25, 0.3) is 0 Å². The second-order valence-electron chi connectivity index (χ2n) is 4.28.